The van der Waals surface area contributed by atoms with Crippen LogP contribution >= 0.6 is 0 Å². The fourth-order valence-corrected chi connectivity index (χ4v) is 1.54. The number of nitrogens with two attached hydrogens (primary N) is 1. The van der Waals surface area contributed by atoms with Gasteiger partial charge in [-0.15, -0.1) is 10.2 Å². The average molecular weight is 281 g/mol. The highest BCUT2D eigenvalue weighted by Crippen LogP contribution is 2.10. The molecule has 0 unspecified atom stereocenters. The molecule has 7 nitrogen and oxygen atoms in total. The van der Waals surface area contributed by atoms with Crippen LogP contribution in [-0.4, -0.2) is 48.4 Å². The number of carbonyl (C=O) groups is 1. The zero-order valence-electron chi connectivity index (χ0n) is 12.3. The van der Waals surface area contributed by atoms with Crippen LogP contribution in [0, 0.1) is 0 Å². The Balaban J connectivity index is 0.000000246. The predicted molar refractivity (Wildman–Crippen MR) is 78.4 cm³/mol. The highest BCUT2D eigenvalue weighted by molar-refractivity contribution is 5.41. The van der Waals surface area contributed by atoms with Crippen molar-refractivity contribution in [1.29, 1.82) is 0 Å². The molecule has 1 aromatic rings. The number of piperazine rings is 1. The molecule has 0 aromatic carbocycles. The second-order valence-corrected chi connectivity index (χ2v) is 5.38. The van der Waals surface area contributed by atoms with E-state index in [0.717, 1.165) is 32.0 Å². The van der Waals surface area contributed by atoms with Gasteiger partial charge in [-0.2, -0.15) is 0 Å². The van der Waals surface area contributed by atoms with Gasteiger partial charge in [0.2, 0.25) is 0 Å². The summed E-state index contributed by atoms with van der Waals surface area (Å²) in [6, 6.07) is 3.69. The molecule has 0 amide bonds. The molecule has 20 heavy (non-hydrogen) atoms. The first kappa shape index (κ1) is 16.2. The second kappa shape index (κ2) is 7.64. The van der Waals surface area contributed by atoms with E-state index < -0.39 is 0 Å². The first-order chi connectivity index (χ1) is 9.42. The number of hydrogen-bond donors (Lipinski definition) is 2. The molecule has 3 N–H and O–H groups in total. The average Bonchev–Trinajstić information content (AvgIpc) is 2.40. The van der Waals surface area contributed by atoms with Gasteiger partial charge in [-0.05, 0) is 32.9 Å². The molecule has 1 aliphatic heterocycles. The number of rotatable bonds is 2. The quantitative estimate of drug-likeness (QED) is 0.759. The summed E-state index contributed by atoms with van der Waals surface area (Å²) in [6.45, 7) is 9.90. The molecule has 1 fully saturated rings. The van der Waals surface area contributed by atoms with E-state index in [1.807, 2.05) is 26.8 Å². The molecular formula is C13H23N5O2. The van der Waals surface area contributed by atoms with Crippen molar-refractivity contribution in [2.75, 3.05) is 36.8 Å². The number of carbonyl (C=O) groups excluding carboxylic acids is 1. The van der Waals surface area contributed by atoms with E-state index in [9.17, 15) is 4.79 Å². The maximum atomic E-state index is 9.60. The lowest BCUT2D eigenvalue weighted by atomic mass is 10.2. The van der Waals surface area contributed by atoms with Gasteiger partial charge in [0.1, 0.15) is 11.4 Å². The highest BCUT2D eigenvalue weighted by atomic mass is 16.5. The summed E-state index contributed by atoms with van der Waals surface area (Å²) in [6.07, 6.45) is 0. The van der Waals surface area contributed by atoms with Crippen LogP contribution in [0.5, 0.6) is 0 Å². The van der Waals surface area contributed by atoms with Crippen molar-refractivity contribution in [2.24, 2.45) is 0 Å². The number of anilines is 2. The third-order valence-corrected chi connectivity index (χ3v) is 2.51. The molecule has 7 heteroatoms. The molecular weight excluding hydrogens is 258 g/mol. The molecule has 0 atom stereocenters. The van der Waals surface area contributed by atoms with Crippen molar-refractivity contribution < 1.29 is 9.53 Å². The van der Waals surface area contributed by atoms with Crippen LogP contribution in [0.25, 0.3) is 0 Å². The van der Waals surface area contributed by atoms with E-state index in [2.05, 4.69) is 25.2 Å². The number of ether oxygens (including phenoxy) is 1. The van der Waals surface area contributed by atoms with Crippen LogP contribution in [0.3, 0.4) is 0 Å². The smallest absolute Gasteiger partial charge is 0.293 e. The summed E-state index contributed by atoms with van der Waals surface area (Å²) < 4.78 is 4.55. The van der Waals surface area contributed by atoms with Gasteiger partial charge in [0.15, 0.2) is 5.82 Å². The van der Waals surface area contributed by atoms with Gasteiger partial charge in [0.25, 0.3) is 6.47 Å². The largest absolute Gasteiger partial charge is 0.462 e. The van der Waals surface area contributed by atoms with Gasteiger partial charge in [-0.3, -0.25) is 4.79 Å². The van der Waals surface area contributed by atoms with Crippen LogP contribution in [0.4, 0.5) is 11.6 Å². The Morgan fingerprint density at radius 2 is 1.95 bits per heavy atom. The number of aromatic nitrogens is 2. The lowest BCUT2D eigenvalue weighted by molar-refractivity contribution is -0.138. The van der Waals surface area contributed by atoms with Crippen LogP contribution in [0.1, 0.15) is 20.8 Å². The Kier molecular flexibility index (Phi) is 6.17. The van der Waals surface area contributed by atoms with Gasteiger partial charge in [0, 0.05) is 26.2 Å². The SMILES string of the molecule is CC(C)(C)OC=O.Nc1ccc(N2CCNCC2)nn1. The van der Waals surface area contributed by atoms with Crippen molar-refractivity contribution in [3.05, 3.63) is 12.1 Å². The molecule has 0 saturated carbocycles. The van der Waals surface area contributed by atoms with E-state index in [0.29, 0.717) is 12.3 Å². The Hall–Kier alpha value is -1.89. The lowest BCUT2D eigenvalue weighted by Gasteiger charge is -2.27. The third kappa shape index (κ3) is 6.33. The molecule has 112 valence electrons. The van der Waals surface area contributed by atoms with Crippen molar-refractivity contribution >= 4 is 18.1 Å². The molecule has 1 aliphatic rings. The van der Waals surface area contributed by atoms with E-state index in [-0.39, 0.29) is 5.60 Å². The van der Waals surface area contributed by atoms with Crippen LogP contribution < -0.4 is 16.0 Å². The van der Waals surface area contributed by atoms with Gasteiger partial charge in [-0.1, -0.05) is 0 Å². The van der Waals surface area contributed by atoms with Gasteiger partial charge < -0.3 is 20.7 Å². The molecule has 0 aliphatic carbocycles. The maximum Gasteiger partial charge on any atom is 0.293 e. The standard InChI is InChI=1S/C8H13N5.C5H10O2/c9-7-1-2-8(12-11-7)13-5-3-10-4-6-13;1-5(2,3)7-4-6/h1-2,10H,3-6H2,(H2,9,11);4H,1-3H3. The zero-order valence-corrected chi connectivity index (χ0v) is 12.3. The summed E-state index contributed by atoms with van der Waals surface area (Å²) in [5.41, 5.74) is 5.13. The minimum absolute atomic E-state index is 0.318. The van der Waals surface area contributed by atoms with Crippen molar-refractivity contribution in [2.45, 2.75) is 26.4 Å². The summed E-state index contributed by atoms with van der Waals surface area (Å²) in [4.78, 5) is 11.8. The predicted octanol–water partition coefficient (Wildman–Crippen LogP) is 0.426. The fraction of sp³-hybridized carbons (Fsp3) is 0.615. The maximum absolute atomic E-state index is 9.60. The Morgan fingerprint density at radius 1 is 1.30 bits per heavy atom. The molecule has 2 heterocycles. The minimum Gasteiger partial charge on any atom is -0.462 e. The molecule has 1 saturated heterocycles. The third-order valence-electron chi connectivity index (χ3n) is 2.51. The molecule has 0 radical (unpaired) electrons. The van der Waals surface area contributed by atoms with E-state index in [1.165, 1.54) is 0 Å². The Bertz CT molecular complexity index is 396. The Labute approximate surface area is 119 Å². The van der Waals surface area contributed by atoms with Crippen LogP contribution in [-0.2, 0) is 9.53 Å². The highest BCUT2D eigenvalue weighted by Gasteiger charge is 2.11. The normalized spacial score (nSPS) is 15.1. The van der Waals surface area contributed by atoms with Crippen LogP contribution in [0.2, 0.25) is 0 Å². The minimum atomic E-state index is -0.318. The molecule has 2 rings (SSSR count). The topological polar surface area (TPSA) is 93.4 Å². The summed E-state index contributed by atoms with van der Waals surface area (Å²) in [7, 11) is 0. The van der Waals surface area contributed by atoms with E-state index in [1.54, 1.807) is 6.07 Å². The first-order valence-corrected chi connectivity index (χ1v) is 6.59. The first-order valence-electron chi connectivity index (χ1n) is 6.59. The lowest BCUT2D eigenvalue weighted by Crippen LogP contribution is -2.43. The van der Waals surface area contributed by atoms with Crippen molar-refractivity contribution in [3.8, 4) is 0 Å². The summed E-state index contributed by atoms with van der Waals surface area (Å²) in [5.74, 6) is 1.38. The molecule has 1 aromatic heterocycles. The summed E-state index contributed by atoms with van der Waals surface area (Å²) in [5, 5.41) is 11.1. The number of hydrogen-bond acceptors (Lipinski definition) is 7. The van der Waals surface area contributed by atoms with E-state index >= 15 is 0 Å². The summed E-state index contributed by atoms with van der Waals surface area (Å²) >= 11 is 0. The Morgan fingerprint density at radius 3 is 2.35 bits per heavy atom. The number of nitrogens with one attached hydrogen (secondary N) is 1. The van der Waals surface area contributed by atoms with Gasteiger partial charge >= 0.3 is 0 Å². The van der Waals surface area contributed by atoms with Gasteiger partial charge in [-0.25, -0.2) is 0 Å². The second-order valence-electron chi connectivity index (χ2n) is 5.38. The van der Waals surface area contributed by atoms with Crippen molar-refractivity contribution in [1.82, 2.24) is 15.5 Å². The van der Waals surface area contributed by atoms with Gasteiger partial charge in [0.05, 0.1) is 0 Å². The molecule has 0 bridgehead atoms. The van der Waals surface area contributed by atoms with Crippen molar-refractivity contribution in [3.63, 3.8) is 0 Å². The molecule has 0 spiro atoms. The van der Waals surface area contributed by atoms with E-state index in [4.69, 9.17) is 5.73 Å². The number of nitrogen functional groups attached to an aromatic ring is 1. The van der Waals surface area contributed by atoms with Crippen LogP contribution in [0.15, 0.2) is 12.1 Å². The fourth-order valence-electron chi connectivity index (χ4n) is 1.54. The number of nitrogens with zero attached hydrogens (tertiary/aromatic N) is 3. The zero-order chi connectivity index (χ0) is 15.0. The monoisotopic (exact) mass is 281 g/mol.